The molecule has 0 bridgehead atoms. The van der Waals surface area contributed by atoms with E-state index < -0.39 is 0 Å². The van der Waals surface area contributed by atoms with Crippen molar-refractivity contribution < 1.29 is 0 Å². The third-order valence-electron chi connectivity index (χ3n) is 3.22. The standard InChI is InChI=1S/C12H17N/c1-9-4-2-3-5-10(9)8-11-6-7-12(11)13/h2-5,11-12H,6-8,13H2,1H3. The first-order chi connectivity index (χ1) is 6.27. The second-order valence-corrected chi connectivity index (χ2v) is 4.13. The van der Waals surface area contributed by atoms with Gasteiger partial charge in [-0.3, -0.25) is 0 Å². The van der Waals surface area contributed by atoms with E-state index in [1.807, 2.05) is 0 Å². The zero-order valence-electron chi connectivity index (χ0n) is 8.16. The van der Waals surface area contributed by atoms with E-state index in [-0.39, 0.29) is 0 Å². The summed E-state index contributed by atoms with van der Waals surface area (Å²) in [5.74, 6) is 0.737. The summed E-state index contributed by atoms with van der Waals surface area (Å²) in [7, 11) is 0. The third-order valence-corrected chi connectivity index (χ3v) is 3.22. The summed E-state index contributed by atoms with van der Waals surface area (Å²) in [6.07, 6.45) is 3.71. The summed E-state index contributed by atoms with van der Waals surface area (Å²) >= 11 is 0. The second-order valence-electron chi connectivity index (χ2n) is 4.13. The van der Waals surface area contributed by atoms with E-state index in [1.165, 1.54) is 30.4 Å². The summed E-state index contributed by atoms with van der Waals surface area (Å²) in [5, 5.41) is 0. The lowest BCUT2D eigenvalue weighted by Crippen LogP contribution is -2.40. The monoisotopic (exact) mass is 175 g/mol. The molecular weight excluding hydrogens is 158 g/mol. The first-order valence-electron chi connectivity index (χ1n) is 5.07. The molecule has 0 saturated heterocycles. The van der Waals surface area contributed by atoms with Crippen LogP contribution in [-0.4, -0.2) is 6.04 Å². The maximum Gasteiger partial charge on any atom is 0.00704 e. The highest BCUT2D eigenvalue weighted by Crippen LogP contribution is 2.29. The average molecular weight is 175 g/mol. The van der Waals surface area contributed by atoms with Crippen LogP contribution in [0.3, 0.4) is 0 Å². The number of aryl methyl sites for hydroxylation is 1. The van der Waals surface area contributed by atoms with Crippen molar-refractivity contribution in [3.8, 4) is 0 Å². The van der Waals surface area contributed by atoms with Crippen LogP contribution in [0.4, 0.5) is 0 Å². The van der Waals surface area contributed by atoms with Crippen molar-refractivity contribution in [3.63, 3.8) is 0 Å². The Labute approximate surface area is 80.0 Å². The fourth-order valence-electron chi connectivity index (χ4n) is 1.97. The van der Waals surface area contributed by atoms with E-state index in [2.05, 4.69) is 31.2 Å². The van der Waals surface area contributed by atoms with E-state index in [1.54, 1.807) is 0 Å². The van der Waals surface area contributed by atoms with Crippen LogP contribution >= 0.6 is 0 Å². The number of nitrogens with two attached hydrogens (primary N) is 1. The molecule has 1 fully saturated rings. The van der Waals surface area contributed by atoms with E-state index in [4.69, 9.17) is 5.73 Å². The van der Waals surface area contributed by atoms with Crippen molar-refractivity contribution in [2.24, 2.45) is 11.7 Å². The Bertz CT molecular complexity index is 293. The van der Waals surface area contributed by atoms with Crippen LogP contribution in [0.5, 0.6) is 0 Å². The van der Waals surface area contributed by atoms with Crippen LogP contribution in [-0.2, 0) is 6.42 Å². The summed E-state index contributed by atoms with van der Waals surface area (Å²) in [6.45, 7) is 2.18. The molecule has 1 nitrogen and oxygen atoms in total. The fourth-order valence-corrected chi connectivity index (χ4v) is 1.97. The van der Waals surface area contributed by atoms with E-state index in [0.29, 0.717) is 6.04 Å². The van der Waals surface area contributed by atoms with Crippen molar-refractivity contribution in [2.75, 3.05) is 0 Å². The Balaban J connectivity index is 2.05. The van der Waals surface area contributed by atoms with Crippen molar-refractivity contribution in [1.82, 2.24) is 0 Å². The molecule has 1 heteroatoms. The molecule has 2 unspecified atom stereocenters. The minimum absolute atomic E-state index is 0.458. The fraction of sp³-hybridized carbons (Fsp3) is 0.500. The zero-order valence-corrected chi connectivity index (χ0v) is 8.16. The molecule has 1 saturated carbocycles. The minimum Gasteiger partial charge on any atom is -0.327 e. The topological polar surface area (TPSA) is 26.0 Å². The lowest BCUT2D eigenvalue weighted by molar-refractivity contribution is 0.255. The molecule has 0 radical (unpaired) electrons. The van der Waals surface area contributed by atoms with Gasteiger partial charge in [0.15, 0.2) is 0 Å². The minimum atomic E-state index is 0.458. The largest absolute Gasteiger partial charge is 0.327 e. The summed E-state index contributed by atoms with van der Waals surface area (Å²) in [6, 6.07) is 9.07. The highest BCUT2D eigenvalue weighted by molar-refractivity contribution is 5.26. The molecular formula is C12H17N. The Morgan fingerprint density at radius 1 is 1.31 bits per heavy atom. The van der Waals surface area contributed by atoms with Gasteiger partial charge in [0, 0.05) is 6.04 Å². The molecule has 2 atom stereocenters. The molecule has 0 heterocycles. The Morgan fingerprint density at radius 3 is 2.62 bits per heavy atom. The Morgan fingerprint density at radius 2 is 2.08 bits per heavy atom. The molecule has 13 heavy (non-hydrogen) atoms. The maximum atomic E-state index is 5.92. The highest BCUT2D eigenvalue weighted by Gasteiger charge is 2.27. The predicted molar refractivity (Wildman–Crippen MR) is 55.6 cm³/mol. The molecule has 1 aliphatic rings. The van der Waals surface area contributed by atoms with Crippen LogP contribution in [0.15, 0.2) is 24.3 Å². The molecule has 2 N–H and O–H groups in total. The Kier molecular flexibility index (Phi) is 2.36. The maximum absolute atomic E-state index is 5.92. The van der Waals surface area contributed by atoms with Crippen LogP contribution in [0, 0.1) is 12.8 Å². The second kappa shape index (κ2) is 3.51. The van der Waals surface area contributed by atoms with E-state index in [0.717, 1.165) is 5.92 Å². The normalized spacial score (nSPS) is 26.9. The lowest BCUT2D eigenvalue weighted by atomic mass is 9.76. The predicted octanol–water partition coefficient (Wildman–Crippen LogP) is 2.27. The summed E-state index contributed by atoms with van der Waals surface area (Å²) in [4.78, 5) is 0. The number of rotatable bonds is 2. The van der Waals surface area contributed by atoms with Crippen molar-refractivity contribution >= 4 is 0 Å². The van der Waals surface area contributed by atoms with Crippen molar-refractivity contribution in [3.05, 3.63) is 35.4 Å². The van der Waals surface area contributed by atoms with Crippen LogP contribution < -0.4 is 5.73 Å². The quantitative estimate of drug-likeness (QED) is 0.733. The molecule has 2 rings (SSSR count). The molecule has 0 aromatic heterocycles. The van der Waals surface area contributed by atoms with Crippen LogP contribution in [0.2, 0.25) is 0 Å². The SMILES string of the molecule is Cc1ccccc1CC1CCC1N. The van der Waals surface area contributed by atoms with Gasteiger partial charge in [-0.05, 0) is 43.2 Å². The molecule has 1 aromatic carbocycles. The Hall–Kier alpha value is -0.820. The molecule has 1 aromatic rings. The lowest BCUT2D eigenvalue weighted by Gasteiger charge is -2.34. The zero-order chi connectivity index (χ0) is 9.26. The highest BCUT2D eigenvalue weighted by atomic mass is 14.7. The number of hydrogen-bond donors (Lipinski definition) is 1. The molecule has 70 valence electrons. The van der Waals surface area contributed by atoms with Gasteiger partial charge < -0.3 is 5.73 Å². The molecule has 0 amide bonds. The van der Waals surface area contributed by atoms with Gasteiger partial charge in [0.2, 0.25) is 0 Å². The number of hydrogen-bond acceptors (Lipinski definition) is 1. The average Bonchev–Trinajstić information content (AvgIpc) is 2.14. The van der Waals surface area contributed by atoms with Crippen LogP contribution in [0.1, 0.15) is 24.0 Å². The van der Waals surface area contributed by atoms with Gasteiger partial charge in [0.05, 0.1) is 0 Å². The summed E-state index contributed by atoms with van der Waals surface area (Å²) in [5.41, 5.74) is 8.80. The molecule has 1 aliphatic carbocycles. The van der Waals surface area contributed by atoms with Crippen molar-refractivity contribution in [2.45, 2.75) is 32.2 Å². The van der Waals surface area contributed by atoms with Gasteiger partial charge >= 0.3 is 0 Å². The van der Waals surface area contributed by atoms with Crippen LogP contribution in [0.25, 0.3) is 0 Å². The van der Waals surface area contributed by atoms with Crippen molar-refractivity contribution in [1.29, 1.82) is 0 Å². The van der Waals surface area contributed by atoms with Gasteiger partial charge in [-0.15, -0.1) is 0 Å². The van der Waals surface area contributed by atoms with Gasteiger partial charge in [0.25, 0.3) is 0 Å². The smallest absolute Gasteiger partial charge is 0.00704 e. The first-order valence-corrected chi connectivity index (χ1v) is 5.07. The van der Waals surface area contributed by atoms with E-state index in [9.17, 15) is 0 Å². The first kappa shape index (κ1) is 8.76. The van der Waals surface area contributed by atoms with Gasteiger partial charge in [-0.2, -0.15) is 0 Å². The third kappa shape index (κ3) is 1.75. The van der Waals surface area contributed by atoms with Gasteiger partial charge in [-0.25, -0.2) is 0 Å². The molecule has 0 spiro atoms. The number of benzene rings is 1. The summed E-state index contributed by atoms with van der Waals surface area (Å²) < 4.78 is 0. The van der Waals surface area contributed by atoms with Gasteiger partial charge in [-0.1, -0.05) is 24.3 Å². The van der Waals surface area contributed by atoms with Gasteiger partial charge in [0.1, 0.15) is 0 Å². The van der Waals surface area contributed by atoms with E-state index >= 15 is 0 Å². The molecule has 0 aliphatic heterocycles.